The van der Waals surface area contributed by atoms with Crippen LogP contribution < -0.4 is 9.80 Å². The van der Waals surface area contributed by atoms with Gasteiger partial charge in [-0.2, -0.15) is 0 Å². The maximum Gasteiger partial charge on any atom is 0.147 e. The van der Waals surface area contributed by atoms with Gasteiger partial charge in [-0.05, 0) is 36.8 Å². The Hall–Kier alpha value is -3.21. The standard InChI is InChI=1S/C22H21N5/c1-16-14-21(24-18-7-3-2-6-17(16)18)26-10-12-27(13-11-26)22-15-23-19-8-4-5-9-20(19)25-22/h2-9,14-15H,10-13H2,1H3. The molecule has 0 saturated carbocycles. The van der Waals surface area contributed by atoms with E-state index in [4.69, 9.17) is 9.97 Å². The van der Waals surface area contributed by atoms with Crippen LogP contribution in [0.15, 0.2) is 60.8 Å². The number of hydrogen-bond acceptors (Lipinski definition) is 5. The molecule has 134 valence electrons. The van der Waals surface area contributed by atoms with Crippen LogP contribution in [0.5, 0.6) is 0 Å². The fourth-order valence-electron chi connectivity index (χ4n) is 3.76. The highest BCUT2D eigenvalue weighted by Crippen LogP contribution is 2.24. The Morgan fingerprint density at radius 2 is 1.30 bits per heavy atom. The van der Waals surface area contributed by atoms with Gasteiger partial charge in [0, 0.05) is 31.6 Å². The van der Waals surface area contributed by atoms with Gasteiger partial charge in [-0.3, -0.25) is 4.98 Å². The van der Waals surface area contributed by atoms with Crippen LogP contribution in [0.25, 0.3) is 21.9 Å². The summed E-state index contributed by atoms with van der Waals surface area (Å²) in [5.41, 5.74) is 4.23. The third-order valence-corrected chi connectivity index (χ3v) is 5.27. The van der Waals surface area contributed by atoms with E-state index in [1.165, 1.54) is 10.9 Å². The van der Waals surface area contributed by atoms with Gasteiger partial charge in [0.1, 0.15) is 11.6 Å². The van der Waals surface area contributed by atoms with Crippen molar-refractivity contribution in [2.24, 2.45) is 0 Å². The van der Waals surface area contributed by atoms with Crippen LogP contribution in [0, 0.1) is 6.92 Å². The molecule has 0 unspecified atom stereocenters. The Bertz CT molecular complexity index is 1120. The SMILES string of the molecule is Cc1cc(N2CCN(c3cnc4ccccc4n3)CC2)nc2ccccc12. The molecule has 1 aliphatic heterocycles. The van der Waals surface area contributed by atoms with Crippen LogP contribution in [0.2, 0.25) is 0 Å². The first-order valence-corrected chi connectivity index (χ1v) is 9.36. The number of nitrogens with zero attached hydrogens (tertiary/aromatic N) is 5. The van der Waals surface area contributed by atoms with Crippen molar-refractivity contribution in [2.75, 3.05) is 36.0 Å². The minimum Gasteiger partial charge on any atom is -0.353 e. The van der Waals surface area contributed by atoms with Crippen molar-refractivity contribution in [1.82, 2.24) is 15.0 Å². The molecule has 1 saturated heterocycles. The molecular formula is C22H21N5. The Balaban J connectivity index is 1.36. The molecule has 5 rings (SSSR count). The van der Waals surface area contributed by atoms with E-state index in [-0.39, 0.29) is 0 Å². The fraction of sp³-hybridized carbons (Fsp3) is 0.227. The average molecular weight is 355 g/mol. The number of benzene rings is 2. The molecule has 2 aromatic heterocycles. The summed E-state index contributed by atoms with van der Waals surface area (Å²) < 4.78 is 0. The predicted molar refractivity (Wildman–Crippen MR) is 110 cm³/mol. The summed E-state index contributed by atoms with van der Waals surface area (Å²) in [4.78, 5) is 18.9. The topological polar surface area (TPSA) is 45.2 Å². The number of pyridine rings is 1. The summed E-state index contributed by atoms with van der Waals surface area (Å²) in [6, 6.07) is 18.6. The summed E-state index contributed by atoms with van der Waals surface area (Å²) in [6.07, 6.45) is 1.89. The molecule has 0 amide bonds. The van der Waals surface area contributed by atoms with E-state index in [0.717, 1.165) is 54.4 Å². The number of hydrogen-bond donors (Lipinski definition) is 0. The van der Waals surface area contributed by atoms with Crippen molar-refractivity contribution < 1.29 is 0 Å². The molecule has 1 fully saturated rings. The summed E-state index contributed by atoms with van der Waals surface area (Å²) in [5, 5.41) is 1.23. The minimum absolute atomic E-state index is 0.917. The van der Waals surface area contributed by atoms with Crippen LogP contribution in [-0.4, -0.2) is 41.1 Å². The molecule has 0 atom stereocenters. The number of rotatable bonds is 2. The van der Waals surface area contributed by atoms with Gasteiger partial charge >= 0.3 is 0 Å². The highest BCUT2D eigenvalue weighted by molar-refractivity contribution is 5.84. The molecule has 3 heterocycles. The lowest BCUT2D eigenvalue weighted by molar-refractivity contribution is 0.642. The minimum atomic E-state index is 0.917. The largest absolute Gasteiger partial charge is 0.353 e. The summed E-state index contributed by atoms with van der Waals surface area (Å²) in [5.74, 6) is 2.02. The first kappa shape index (κ1) is 16.0. The Labute approximate surface area is 158 Å². The molecule has 0 N–H and O–H groups in total. The summed E-state index contributed by atoms with van der Waals surface area (Å²) in [6.45, 7) is 5.86. The second-order valence-electron chi connectivity index (χ2n) is 7.01. The summed E-state index contributed by atoms with van der Waals surface area (Å²) >= 11 is 0. The van der Waals surface area contributed by atoms with Gasteiger partial charge in [-0.25, -0.2) is 9.97 Å². The molecule has 27 heavy (non-hydrogen) atoms. The molecule has 5 nitrogen and oxygen atoms in total. The monoisotopic (exact) mass is 355 g/mol. The highest BCUT2D eigenvalue weighted by atomic mass is 15.3. The Morgan fingerprint density at radius 1 is 0.704 bits per heavy atom. The van der Waals surface area contributed by atoms with Gasteiger partial charge in [-0.1, -0.05) is 30.3 Å². The normalized spacial score (nSPS) is 14.9. The van der Waals surface area contributed by atoms with Crippen LogP contribution >= 0.6 is 0 Å². The van der Waals surface area contributed by atoms with Gasteiger partial charge in [0.25, 0.3) is 0 Å². The zero-order valence-corrected chi connectivity index (χ0v) is 15.3. The van der Waals surface area contributed by atoms with E-state index < -0.39 is 0 Å². The molecule has 4 aromatic rings. The van der Waals surface area contributed by atoms with E-state index in [0.29, 0.717) is 0 Å². The molecular weight excluding hydrogens is 334 g/mol. The van der Waals surface area contributed by atoms with Crippen LogP contribution in [0.4, 0.5) is 11.6 Å². The molecule has 0 bridgehead atoms. The van der Waals surface area contributed by atoms with Crippen LogP contribution in [-0.2, 0) is 0 Å². The zero-order valence-electron chi connectivity index (χ0n) is 15.3. The molecule has 0 aliphatic carbocycles. The number of para-hydroxylation sites is 3. The third kappa shape index (κ3) is 2.95. The van der Waals surface area contributed by atoms with Gasteiger partial charge in [0.05, 0.1) is 22.7 Å². The van der Waals surface area contributed by atoms with Crippen molar-refractivity contribution in [2.45, 2.75) is 6.92 Å². The van der Waals surface area contributed by atoms with Gasteiger partial charge < -0.3 is 9.80 Å². The number of aryl methyl sites for hydroxylation is 1. The number of piperazine rings is 1. The molecule has 2 aromatic carbocycles. The fourth-order valence-corrected chi connectivity index (χ4v) is 3.76. The number of anilines is 2. The lowest BCUT2D eigenvalue weighted by atomic mass is 10.1. The van der Waals surface area contributed by atoms with E-state index in [9.17, 15) is 0 Å². The van der Waals surface area contributed by atoms with Crippen LogP contribution in [0.3, 0.4) is 0 Å². The maximum absolute atomic E-state index is 4.88. The number of fused-ring (bicyclic) bond motifs is 2. The third-order valence-electron chi connectivity index (χ3n) is 5.27. The molecule has 1 aliphatic rings. The van der Waals surface area contributed by atoms with E-state index in [2.05, 4.69) is 52.0 Å². The quantitative estimate of drug-likeness (QED) is 0.547. The van der Waals surface area contributed by atoms with Crippen molar-refractivity contribution in [3.63, 3.8) is 0 Å². The van der Waals surface area contributed by atoms with Crippen molar-refractivity contribution >= 4 is 33.6 Å². The Morgan fingerprint density at radius 3 is 2.07 bits per heavy atom. The highest BCUT2D eigenvalue weighted by Gasteiger charge is 2.20. The number of aromatic nitrogens is 3. The Kier molecular flexibility index (Phi) is 3.85. The lowest BCUT2D eigenvalue weighted by Gasteiger charge is -2.36. The van der Waals surface area contributed by atoms with E-state index in [1.54, 1.807) is 0 Å². The first-order valence-electron chi connectivity index (χ1n) is 9.36. The van der Waals surface area contributed by atoms with Crippen molar-refractivity contribution in [1.29, 1.82) is 0 Å². The average Bonchev–Trinajstić information content (AvgIpc) is 2.73. The molecule has 0 radical (unpaired) electrons. The maximum atomic E-state index is 4.88. The second kappa shape index (κ2) is 6.50. The molecule has 5 heteroatoms. The second-order valence-corrected chi connectivity index (χ2v) is 7.01. The zero-order chi connectivity index (χ0) is 18.2. The van der Waals surface area contributed by atoms with Crippen molar-refractivity contribution in [3.05, 3.63) is 66.4 Å². The van der Waals surface area contributed by atoms with Gasteiger partial charge in [0.15, 0.2) is 0 Å². The molecule has 0 spiro atoms. The van der Waals surface area contributed by atoms with E-state index in [1.807, 2.05) is 30.5 Å². The van der Waals surface area contributed by atoms with Gasteiger partial charge in [0.2, 0.25) is 0 Å². The van der Waals surface area contributed by atoms with Gasteiger partial charge in [-0.15, -0.1) is 0 Å². The summed E-state index contributed by atoms with van der Waals surface area (Å²) in [7, 11) is 0. The predicted octanol–water partition coefficient (Wildman–Crippen LogP) is 3.81. The smallest absolute Gasteiger partial charge is 0.147 e. The van der Waals surface area contributed by atoms with Crippen LogP contribution in [0.1, 0.15) is 5.56 Å². The lowest BCUT2D eigenvalue weighted by Crippen LogP contribution is -2.47. The van der Waals surface area contributed by atoms with Crippen molar-refractivity contribution in [3.8, 4) is 0 Å². The van der Waals surface area contributed by atoms with E-state index >= 15 is 0 Å². The first-order chi connectivity index (χ1) is 13.3.